The molecule has 0 aliphatic heterocycles. The molecule has 39 heavy (non-hydrogen) atoms. The Morgan fingerprint density at radius 3 is 2.28 bits per heavy atom. The number of hydrogen-bond donors (Lipinski definition) is 0. The Balaban J connectivity index is 2.28. The maximum atomic E-state index is 4.40. The lowest BCUT2D eigenvalue weighted by atomic mass is 10.0. The Morgan fingerprint density at radius 2 is 1.59 bits per heavy atom. The van der Waals surface area contributed by atoms with Gasteiger partial charge in [-0.25, -0.2) is 0 Å². The molecule has 0 radical (unpaired) electrons. The minimum Gasteiger partial charge on any atom is -0.334 e. The van der Waals surface area contributed by atoms with Crippen LogP contribution in [0.3, 0.4) is 0 Å². The Hall–Kier alpha value is -4.30. The van der Waals surface area contributed by atoms with E-state index in [0.29, 0.717) is 6.42 Å². The number of nitrogens with zero attached hydrogens (tertiary/aromatic N) is 2. The van der Waals surface area contributed by atoms with Gasteiger partial charge in [0.25, 0.3) is 0 Å². The second-order valence-corrected chi connectivity index (χ2v) is 9.44. The maximum absolute atomic E-state index is 4.40. The topological polar surface area (TPSA) is 6.48 Å². The molecule has 0 saturated carbocycles. The first-order valence-corrected chi connectivity index (χ1v) is 13.7. The second kappa shape index (κ2) is 15.2. The molecule has 2 nitrogen and oxygen atoms in total. The summed E-state index contributed by atoms with van der Waals surface area (Å²) in [7, 11) is 0. The van der Waals surface area contributed by atoms with Crippen LogP contribution in [0.15, 0.2) is 158 Å². The largest absolute Gasteiger partial charge is 0.334 e. The van der Waals surface area contributed by atoms with Crippen molar-refractivity contribution in [1.82, 2.24) is 0 Å². The van der Waals surface area contributed by atoms with E-state index in [1.165, 1.54) is 16.5 Å². The minimum absolute atomic E-state index is 0.124. The highest BCUT2D eigenvalue weighted by molar-refractivity contribution is 5.95. The molecule has 3 rings (SSSR count). The predicted molar refractivity (Wildman–Crippen MR) is 174 cm³/mol. The molecule has 0 aromatic heterocycles. The van der Waals surface area contributed by atoms with Crippen LogP contribution in [0, 0.1) is 0 Å². The lowest BCUT2D eigenvalue weighted by molar-refractivity contribution is 0.766. The quantitative estimate of drug-likeness (QED) is 0.156. The van der Waals surface area contributed by atoms with E-state index in [-0.39, 0.29) is 6.04 Å². The van der Waals surface area contributed by atoms with E-state index in [1.807, 2.05) is 18.2 Å². The first kappa shape index (κ1) is 29.3. The highest BCUT2D eigenvalue weighted by atomic mass is 15.2. The van der Waals surface area contributed by atoms with Gasteiger partial charge in [0.2, 0.25) is 0 Å². The smallest absolute Gasteiger partial charge is 0.0556 e. The summed E-state index contributed by atoms with van der Waals surface area (Å²) in [6, 6.07) is 25.7. The molecule has 0 aliphatic rings. The molecule has 1 unspecified atom stereocenters. The number of hydrogen-bond acceptors (Lipinski definition) is 2. The van der Waals surface area contributed by atoms with Gasteiger partial charge in [0, 0.05) is 40.3 Å². The molecule has 3 aromatic rings. The van der Waals surface area contributed by atoms with Gasteiger partial charge in [0.1, 0.15) is 0 Å². The van der Waals surface area contributed by atoms with Crippen LogP contribution in [-0.4, -0.2) is 6.04 Å². The molecule has 0 fully saturated rings. The van der Waals surface area contributed by atoms with Gasteiger partial charge in [0.05, 0.1) is 6.04 Å². The molecule has 3 aromatic carbocycles. The van der Waals surface area contributed by atoms with E-state index < -0.39 is 0 Å². The monoisotopic (exact) mass is 514 g/mol. The summed E-state index contributed by atoms with van der Waals surface area (Å²) in [4.78, 5) is 4.69. The Kier molecular flexibility index (Phi) is 11.4. The highest BCUT2D eigenvalue weighted by Crippen LogP contribution is 2.34. The van der Waals surface area contributed by atoms with E-state index in [1.54, 1.807) is 0 Å². The zero-order valence-corrected chi connectivity index (χ0v) is 23.8. The van der Waals surface area contributed by atoms with Gasteiger partial charge in [-0.1, -0.05) is 104 Å². The van der Waals surface area contributed by atoms with Gasteiger partial charge in [0.15, 0.2) is 0 Å². The van der Waals surface area contributed by atoms with Gasteiger partial charge in [-0.3, -0.25) is 0 Å². The molecule has 0 aliphatic carbocycles. The fraction of sp³-hybridized carbons (Fsp3) is 0.189. The molecular weight excluding hydrogens is 472 g/mol. The SMILES string of the molecule is C=CCC=C(/C=C(\C)N(C(=C)CC=C)c1ccccc1)N(c1cccc2ccccc12)C(/C=C\C)C/C=C\C. The number of fused-ring (bicyclic) bond motifs is 1. The Morgan fingerprint density at radius 1 is 0.872 bits per heavy atom. The third kappa shape index (κ3) is 7.61. The van der Waals surface area contributed by atoms with Crippen molar-refractivity contribution < 1.29 is 0 Å². The normalized spacial score (nSPS) is 13.1. The summed E-state index contributed by atoms with van der Waals surface area (Å²) in [5, 5.41) is 2.45. The third-order valence-electron chi connectivity index (χ3n) is 6.58. The van der Waals surface area contributed by atoms with Crippen LogP contribution in [0.5, 0.6) is 0 Å². The van der Waals surface area contributed by atoms with Crippen molar-refractivity contribution in [3.63, 3.8) is 0 Å². The van der Waals surface area contributed by atoms with E-state index in [9.17, 15) is 0 Å². The summed E-state index contributed by atoms with van der Waals surface area (Å²) in [5.41, 5.74) is 5.43. The van der Waals surface area contributed by atoms with Gasteiger partial charge >= 0.3 is 0 Å². The number of anilines is 2. The minimum atomic E-state index is 0.124. The lowest BCUT2D eigenvalue weighted by Gasteiger charge is -2.35. The number of benzene rings is 3. The van der Waals surface area contributed by atoms with Crippen LogP contribution in [0.1, 0.15) is 40.0 Å². The van der Waals surface area contributed by atoms with Gasteiger partial charge in [-0.15, -0.1) is 13.2 Å². The van der Waals surface area contributed by atoms with Crippen molar-refractivity contribution in [2.24, 2.45) is 0 Å². The average Bonchev–Trinajstić information content (AvgIpc) is 2.95. The van der Waals surface area contributed by atoms with Crippen LogP contribution in [-0.2, 0) is 0 Å². The molecule has 1 atom stereocenters. The van der Waals surface area contributed by atoms with Gasteiger partial charge < -0.3 is 9.80 Å². The first-order valence-electron chi connectivity index (χ1n) is 13.7. The highest BCUT2D eigenvalue weighted by Gasteiger charge is 2.22. The number of rotatable bonds is 14. The molecule has 200 valence electrons. The van der Waals surface area contributed by atoms with Crippen LogP contribution >= 0.6 is 0 Å². The van der Waals surface area contributed by atoms with Crippen molar-refractivity contribution in [3.05, 3.63) is 158 Å². The fourth-order valence-electron chi connectivity index (χ4n) is 4.88. The van der Waals surface area contributed by atoms with Crippen molar-refractivity contribution in [2.75, 3.05) is 9.80 Å². The van der Waals surface area contributed by atoms with Crippen molar-refractivity contribution >= 4 is 22.1 Å². The standard InChI is InChI=1S/C37H42N2/c1-7-11-23-33(20-10-4)39(37-28-18-22-32-21-16-17-27-36(32)37)35(24-12-8-2)29-31(6)38(30(5)19-9-3)34-25-14-13-15-26-34/h7-11,13-18,20-22,24-29,33H,2-3,5,12,19,23H2,1,4,6H3/b11-7-,20-10-,31-29+,35-24?. The van der Waals surface area contributed by atoms with Crippen LogP contribution in [0.25, 0.3) is 10.8 Å². The molecule has 0 bridgehead atoms. The van der Waals surface area contributed by atoms with Crippen LogP contribution in [0.4, 0.5) is 11.4 Å². The van der Waals surface area contributed by atoms with Gasteiger partial charge in [-0.2, -0.15) is 0 Å². The maximum Gasteiger partial charge on any atom is 0.0556 e. The molecule has 0 heterocycles. The molecule has 0 amide bonds. The van der Waals surface area contributed by atoms with Crippen molar-refractivity contribution in [2.45, 2.75) is 46.1 Å². The summed E-state index contributed by atoms with van der Waals surface area (Å²) in [6.45, 7) is 18.7. The fourth-order valence-corrected chi connectivity index (χ4v) is 4.88. The van der Waals surface area contributed by atoms with E-state index in [2.05, 4.69) is 153 Å². The first-order chi connectivity index (χ1) is 19.0. The van der Waals surface area contributed by atoms with E-state index in [4.69, 9.17) is 0 Å². The lowest BCUT2D eigenvalue weighted by Crippen LogP contribution is -2.33. The zero-order valence-electron chi connectivity index (χ0n) is 23.8. The molecular formula is C37H42N2. The van der Waals surface area contributed by atoms with Crippen molar-refractivity contribution in [1.29, 1.82) is 0 Å². The summed E-state index contributed by atoms with van der Waals surface area (Å²) in [6.07, 6.45) is 19.5. The molecule has 0 saturated heterocycles. The van der Waals surface area contributed by atoms with Crippen LogP contribution in [0.2, 0.25) is 0 Å². The second-order valence-electron chi connectivity index (χ2n) is 9.44. The predicted octanol–water partition coefficient (Wildman–Crippen LogP) is 10.5. The number of para-hydroxylation sites is 1. The zero-order chi connectivity index (χ0) is 28.0. The van der Waals surface area contributed by atoms with Crippen LogP contribution < -0.4 is 9.80 Å². The molecule has 0 N–H and O–H groups in total. The Bertz CT molecular complexity index is 1370. The molecule has 0 spiro atoms. The van der Waals surface area contributed by atoms with Crippen molar-refractivity contribution in [3.8, 4) is 0 Å². The van der Waals surface area contributed by atoms with E-state index >= 15 is 0 Å². The Labute approximate surface area is 236 Å². The summed E-state index contributed by atoms with van der Waals surface area (Å²) >= 11 is 0. The van der Waals surface area contributed by atoms with Gasteiger partial charge in [-0.05, 0) is 63.3 Å². The average molecular weight is 515 g/mol. The number of allylic oxidation sites excluding steroid dienone is 7. The van der Waals surface area contributed by atoms with E-state index in [0.717, 1.165) is 35.6 Å². The summed E-state index contributed by atoms with van der Waals surface area (Å²) in [5.74, 6) is 0. The molecule has 2 heteroatoms. The third-order valence-corrected chi connectivity index (χ3v) is 6.58. The summed E-state index contributed by atoms with van der Waals surface area (Å²) < 4.78 is 0.